The van der Waals surface area contributed by atoms with E-state index in [1.54, 1.807) is 0 Å². The molecule has 4 aliphatic carbocycles. The quantitative estimate of drug-likeness (QED) is 0.832. The fourth-order valence-electron chi connectivity index (χ4n) is 7.01. The Hall–Kier alpha value is -0.340. The van der Waals surface area contributed by atoms with Crippen LogP contribution in [-0.2, 0) is 6.42 Å². The van der Waals surface area contributed by atoms with Crippen LogP contribution >= 0.6 is 11.3 Å². The zero-order chi connectivity index (χ0) is 14.7. The van der Waals surface area contributed by atoms with Gasteiger partial charge in [-0.15, -0.1) is 0 Å². The van der Waals surface area contributed by atoms with E-state index in [0.29, 0.717) is 22.3 Å². The van der Waals surface area contributed by atoms with Crippen LogP contribution < -0.4 is 5.73 Å². The first kappa shape index (κ1) is 14.3. The van der Waals surface area contributed by atoms with Gasteiger partial charge in [-0.2, -0.15) is 11.3 Å². The molecule has 3 unspecified atom stereocenters. The van der Waals surface area contributed by atoms with Crippen molar-refractivity contribution >= 4 is 11.3 Å². The van der Waals surface area contributed by atoms with Gasteiger partial charge in [-0.3, -0.25) is 0 Å². The topological polar surface area (TPSA) is 26.0 Å². The van der Waals surface area contributed by atoms with Gasteiger partial charge in [0.15, 0.2) is 0 Å². The van der Waals surface area contributed by atoms with Crippen molar-refractivity contribution in [1.82, 2.24) is 0 Å². The Morgan fingerprint density at radius 3 is 2.48 bits per heavy atom. The second-order valence-corrected chi connectivity index (χ2v) is 10.0. The Kier molecular flexibility index (Phi) is 3.11. The Morgan fingerprint density at radius 2 is 1.90 bits per heavy atom. The second kappa shape index (κ2) is 4.58. The molecule has 2 N–H and O–H groups in total. The van der Waals surface area contributed by atoms with Gasteiger partial charge in [0.2, 0.25) is 0 Å². The van der Waals surface area contributed by atoms with Gasteiger partial charge in [0.25, 0.3) is 0 Å². The van der Waals surface area contributed by atoms with Gasteiger partial charge in [0.05, 0.1) is 0 Å². The van der Waals surface area contributed by atoms with E-state index in [2.05, 4.69) is 30.7 Å². The highest BCUT2D eigenvalue weighted by Crippen LogP contribution is 2.70. The summed E-state index contributed by atoms with van der Waals surface area (Å²) < 4.78 is 0. The van der Waals surface area contributed by atoms with Crippen LogP contribution in [0.15, 0.2) is 16.8 Å². The number of hydrogen-bond donors (Lipinski definition) is 1. The van der Waals surface area contributed by atoms with Crippen molar-refractivity contribution < 1.29 is 0 Å². The summed E-state index contributed by atoms with van der Waals surface area (Å²) in [5.41, 5.74) is 9.93. The van der Waals surface area contributed by atoms with Crippen molar-refractivity contribution in [3.8, 4) is 0 Å². The molecule has 1 nitrogen and oxygen atoms in total. The number of thiophene rings is 1. The van der Waals surface area contributed by atoms with Gasteiger partial charge in [-0.1, -0.05) is 13.8 Å². The lowest BCUT2D eigenvalue weighted by Crippen LogP contribution is -2.60. The molecule has 4 saturated carbocycles. The highest BCUT2D eigenvalue weighted by atomic mass is 32.1. The van der Waals surface area contributed by atoms with Gasteiger partial charge in [-0.05, 0) is 95.9 Å². The van der Waals surface area contributed by atoms with Crippen molar-refractivity contribution in [2.24, 2.45) is 27.9 Å². The van der Waals surface area contributed by atoms with Crippen LogP contribution in [0, 0.1) is 22.2 Å². The van der Waals surface area contributed by atoms with E-state index in [9.17, 15) is 0 Å². The minimum Gasteiger partial charge on any atom is -0.327 e. The summed E-state index contributed by atoms with van der Waals surface area (Å²) in [7, 11) is 0. The van der Waals surface area contributed by atoms with E-state index in [-0.39, 0.29) is 0 Å². The van der Waals surface area contributed by atoms with Gasteiger partial charge in [0, 0.05) is 6.04 Å². The van der Waals surface area contributed by atoms with Crippen LogP contribution in [0.1, 0.15) is 64.4 Å². The first-order chi connectivity index (χ1) is 9.91. The first-order valence-corrected chi connectivity index (χ1v) is 9.62. The summed E-state index contributed by atoms with van der Waals surface area (Å²) in [6, 6.07) is 2.67. The number of nitrogens with two attached hydrogens (primary N) is 1. The zero-order valence-corrected chi connectivity index (χ0v) is 14.3. The lowest BCUT2D eigenvalue weighted by Gasteiger charge is -2.67. The molecule has 4 bridgehead atoms. The summed E-state index contributed by atoms with van der Waals surface area (Å²) in [6.07, 6.45) is 11.0. The standard InChI is InChI=1S/C19H29NS/c1-17-7-15-8-18(2,11-17)13-19(9-15,12-17)16(20)4-3-14-5-6-21-10-14/h5-6,10,15-16H,3-4,7-9,11-13,20H2,1-2H3. The molecule has 4 aliphatic rings. The molecule has 21 heavy (non-hydrogen) atoms. The molecule has 1 aromatic heterocycles. The van der Waals surface area contributed by atoms with E-state index in [1.807, 2.05) is 11.3 Å². The largest absolute Gasteiger partial charge is 0.327 e. The second-order valence-electron chi connectivity index (χ2n) is 9.27. The third-order valence-corrected chi connectivity index (χ3v) is 7.51. The lowest BCUT2D eigenvalue weighted by molar-refractivity contribution is -0.154. The van der Waals surface area contributed by atoms with Crippen LogP contribution in [0.5, 0.6) is 0 Å². The number of rotatable bonds is 4. The minimum atomic E-state index is 0.402. The Balaban J connectivity index is 1.53. The van der Waals surface area contributed by atoms with Gasteiger partial charge in [0.1, 0.15) is 0 Å². The molecule has 0 spiro atoms. The number of aryl methyl sites for hydroxylation is 1. The average molecular weight is 304 g/mol. The maximum atomic E-state index is 6.81. The monoisotopic (exact) mass is 303 g/mol. The Labute approximate surface area is 133 Å². The van der Waals surface area contributed by atoms with Crippen LogP contribution in [0.3, 0.4) is 0 Å². The maximum absolute atomic E-state index is 6.81. The molecule has 116 valence electrons. The van der Waals surface area contributed by atoms with Crippen LogP contribution in [0.4, 0.5) is 0 Å². The van der Waals surface area contributed by atoms with Crippen LogP contribution in [-0.4, -0.2) is 6.04 Å². The third-order valence-electron chi connectivity index (χ3n) is 6.78. The van der Waals surface area contributed by atoms with E-state index in [0.717, 1.165) is 5.92 Å². The summed E-state index contributed by atoms with van der Waals surface area (Å²) in [5.74, 6) is 0.962. The molecular weight excluding hydrogens is 274 g/mol. The molecule has 0 radical (unpaired) electrons. The summed E-state index contributed by atoms with van der Waals surface area (Å²) in [4.78, 5) is 0. The molecular formula is C19H29NS. The van der Waals surface area contributed by atoms with Gasteiger partial charge >= 0.3 is 0 Å². The molecule has 1 aromatic rings. The maximum Gasteiger partial charge on any atom is 0.00992 e. The van der Waals surface area contributed by atoms with Crippen LogP contribution in [0.2, 0.25) is 0 Å². The van der Waals surface area contributed by atoms with Gasteiger partial charge < -0.3 is 5.73 Å². The van der Waals surface area contributed by atoms with E-state index in [4.69, 9.17) is 5.73 Å². The summed E-state index contributed by atoms with van der Waals surface area (Å²) >= 11 is 1.81. The molecule has 0 aromatic carbocycles. The van der Waals surface area contributed by atoms with E-state index >= 15 is 0 Å². The lowest BCUT2D eigenvalue weighted by atomic mass is 9.39. The van der Waals surface area contributed by atoms with Crippen molar-refractivity contribution in [2.75, 3.05) is 0 Å². The smallest absolute Gasteiger partial charge is 0.00992 e. The van der Waals surface area contributed by atoms with Gasteiger partial charge in [-0.25, -0.2) is 0 Å². The average Bonchev–Trinajstić information content (AvgIpc) is 2.84. The highest BCUT2D eigenvalue weighted by molar-refractivity contribution is 7.07. The molecule has 2 heteroatoms. The Morgan fingerprint density at radius 1 is 1.19 bits per heavy atom. The van der Waals surface area contributed by atoms with E-state index in [1.165, 1.54) is 56.9 Å². The summed E-state index contributed by atoms with van der Waals surface area (Å²) in [6.45, 7) is 5.10. The highest BCUT2D eigenvalue weighted by Gasteiger charge is 2.61. The molecule has 4 fully saturated rings. The number of hydrogen-bond acceptors (Lipinski definition) is 2. The molecule has 1 heterocycles. The van der Waals surface area contributed by atoms with Crippen molar-refractivity contribution in [3.63, 3.8) is 0 Å². The van der Waals surface area contributed by atoms with Crippen molar-refractivity contribution in [2.45, 2.75) is 71.3 Å². The van der Waals surface area contributed by atoms with Crippen molar-refractivity contribution in [1.29, 1.82) is 0 Å². The zero-order valence-electron chi connectivity index (χ0n) is 13.5. The normalized spacial score (nSPS) is 46.0. The molecule has 0 saturated heterocycles. The predicted octanol–water partition coefficient (Wildman–Crippen LogP) is 5.00. The Bertz CT molecular complexity index is 502. The molecule has 0 aliphatic heterocycles. The van der Waals surface area contributed by atoms with E-state index < -0.39 is 0 Å². The van der Waals surface area contributed by atoms with Crippen LogP contribution in [0.25, 0.3) is 0 Å². The molecule has 0 amide bonds. The molecule has 5 rings (SSSR count). The fourth-order valence-corrected chi connectivity index (χ4v) is 7.72. The fraction of sp³-hybridized carbons (Fsp3) is 0.789. The van der Waals surface area contributed by atoms with Crippen molar-refractivity contribution in [3.05, 3.63) is 22.4 Å². The predicted molar refractivity (Wildman–Crippen MR) is 90.5 cm³/mol. The minimum absolute atomic E-state index is 0.402. The summed E-state index contributed by atoms with van der Waals surface area (Å²) in [5, 5.41) is 4.47. The third kappa shape index (κ3) is 2.39. The SMILES string of the molecule is CC12CC3CC(C)(C1)CC(C(N)CCc1ccsc1)(C3)C2. The molecule has 3 atom stereocenters. The first-order valence-electron chi connectivity index (χ1n) is 8.67.